The summed E-state index contributed by atoms with van der Waals surface area (Å²) in [5.74, 6) is 3.54. The first-order chi connectivity index (χ1) is 19.2. The van der Waals surface area contributed by atoms with Crippen molar-refractivity contribution in [1.82, 2.24) is 5.01 Å². The van der Waals surface area contributed by atoms with E-state index in [1.807, 2.05) is 89.9 Å². The van der Waals surface area contributed by atoms with Gasteiger partial charge in [0.2, 0.25) is 6.23 Å². The molecular weight excluding hydrogens is 492 g/mol. The Balaban J connectivity index is 1.33. The lowest BCUT2D eigenvalue weighted by Gasteiger charge is -2.38. The molecule has 2 aliphatic heterocycles. The summed E-state index contributed by atoms with van der Waals surface area (Å²) in [5.41, 5.74) is 5.08. The second kappa shape index (κ2) is 10.6. The van der Waals surface area contributed by atoms with Gasteiger partial charge in [0.25, 0.3) is 0 Å². The summed E-state index contributed by atoms with van der Waals surface area (Å²) in [6.07, 6.45) is 0.307. The van der Waals surface area contributed by atoms with Gasteiger partial charge in [-0.25, -0.2) is 5.01 Å². The van der Waals surface area contributed by atoms with Gasteiger partial charge in [-0.2, -0.15) is 5.10 Å². The van der Waals surface area contributed by atoms with Crippen molar-refractivity contribution in [3.8, 4) is 28.7 Å². The molecule has 0 N–H and O–H groups in total. The molecule has 2 heterocycles. The lowest BCUT2D eigenvalue weighted by atomic mass is 9.95. The van der Waals surface area contributed by atoms with Gasteiger partial charge in [0.15, 0.2) is 23.0 Å². The van der Waals surface area contributed by atoms with E-state index < -0.39 is 6.23 Å². The number of hydrogen-bond donors (Lipinski definition) is 0. The molecule has 6 rings (SSSR count). The molecule has 7 nitrogen and oxygen atoms in total. The summed E-state index contributed by atoms with van der Waals surface area (Å²) >= 11 is 0. The second-order valence-corrected chi connectivity index (χ2v) is 9.41. The number of fused-ring (bicyclic) bond motifs is 3. The van der Waals surface area contributed by atoms with E-state index in [1.54, 1.807) is 21.3 Å². The fourth-order valence-electron chi connectivity index (χ4n) is 5.14. The van der Waals surface area contributed by atoms with Crippen molar-refractivity contribution < 1.29 is 23.7 Å². The maximum Gasteiger partial charge on any atom is 0.214 e. The SMILES string of the molecule is COc1ccc(C2=NN3[C@@H](c4ccc(OCc5ccccc5)c(OC)c4)Oc4ccccc4[C@@H]3C2)cc1OC. The number of hydrazone groups is 1. The van der Waals surface area contributed by atoms with Gasteiger partial charge >= 0.3 is 0 Å². The summed E-state index contributed by atoms with van der Waals surface area (Å²) in [6.45, 7) is 0.455. The number of nitrogens with zero attached hydrogens (tertiary/aromatic N) is 2. The van der Waals surface area contributed by atoms with Crippen LogP contribution in [0.2, 0.25) is 0 Å². The molecule has 0 fully saturated rings. The van der Waals surface area contributed by atoms with Gasteiger partial charge < -0.3 is 23.7 Å². The zero-order valence-electron chi connectivity index (χ0n) is 22.2. The second-order valence-electron chi connectivity index (χ2n) is 9.41. The van der Waals surface area contributed by atoms with Crippen LogP contribution in [0.15, 0.2) is 96.1 Å². The molecule has 7 heteroatoms. The van der Waals surface area contributed by atoms with Crippen molar-refractivity contribution in [3.63, 3.8) is 0 Å². The van der Waals surface area contributed by atoms with E-state index in [2.05, 4.69) is 6.07 Å². The van der Waals surface area contributed by atoms with Crippen LogP contribution in [-0.4, -0.2) is 32.0 Å². The average Bonchev–Trinajstić information content (AvgIpc) is 3.45. The van der Waals surface area contributed by atoms with Gasteiger partial charge in [-0.3, -0.25) is 0 Å². The fraction of sp³-hybridized carbons (Fsp3) is 0.219. The summed E-state index contributed by atoms with van der Waals surface area (Å²) in [4.78, 5) is 0. The molecule has 4 aromatic carbocycles. The highest BCUT2D eigenvalue weighted by Gasteiger charge is 2.41. The van der Waals surface area contributed by atoms with E-state index in [1.165, 1.54) is 0 Å². The van der Waals surface area contributed by atoms with Gasteiger partial charge in [-0.05, 0) is 48.0 Å². The topological polar surface area (TPSA) is 61.8 Å². The molecular formula is C32H30N2O5. The summed E-state index contributed by atoms with van der Waals surface area (Å²) in [5, 5.41) is 7.13. The molecule has 0 amide bonds. The number of rotatable bonds is 8. The third-order valence-electron chi connectivity index (χ3n) is 7.13. The first kappa shape index (κ1) is 24.7. The highest BCUT2D eigenvalue weighted by Crippen LogP contribution is 2.48. The highest BCUT2D eigenvalue weighted by molar-refractivity contribution is 6.02. The van der Waals surface area contributed by atoms with Crippen molar-refractivity contribution in [2.75, 3.05) is 21.3 Å². The molecule has 0 unspecified atom stereocenters. The minimum Gasteiger partial charge on any atom is -0.493 e. The molecule has 0 aliphatic carbocycles. The van der Waals surface area contributed by atoms with Crippen LogP contribution in [0, 0.1) is 0 Å². The van der Waals surface area contributed by atoms with Crippen LogP contribution in [0.3, 0.4) is 0 Å². The van der Waals surface area contributed by atoms with Crippen LogP contribution in [0.5, 0.6) is 28.7 Å². The summed E-state index contributed by atoms with van der Waals surface area (Å²) in [6, 6.07) is 30.1. The lowest BCUT2D eigenvalue weighted by Crippen LogP contribution is -2.33. The first-order valence-electron chi connectivity index (χ1n) is 12.9. The van der Waals surface area contributed by atoms with Crippen LogP contribution in [0.25, 0.3) is 0 Å². The third-order valence-corrected chi connectivity index (χ3v) is 7.13. The van der Waals surface area contributed by atoms with E-state index in [0.29, 0.717) is 29.6 Å². The predicted molar refractivity (Wildman–Crippen MR) is 149 cm³/mol. The number of para-hydroxylation sites is 1. The largest absolute Gasteiger partial charge is 0.493 e. The van der Waals surface area contributed by atoms with E-state index in [0.717, 1.165) is 40.1 Å². The minimum atomic E-state index is -0.431. The van der Waals surface area contributed by atoms with Crippen molar-refractivity contribution in [2.45, 2.75) is 25.3 Å². The van der Waals surface area contributed by atoms with E-state index >= 15 is 0 Å². The number of hydrogen-bond acceptors (Lipinski definition) is 7. The third kappa shape index (κ3) is 4.72. The first-order valence-corrected chi connectivity index (χ1v) is 12.9. The molecule has 198 valence electrons. The average molecular weight is 523 g/mol. The Morgan fingerprint density at radius 1 is 0.769 bits per heavy atom. The van der Waals surface area contributed by atoms with E-state index in [-0.39, 0.29) is 6.04 Å². The monoisotopic (exact) mass is 522 g/mol. The predicted octanol–water partition coefficient (Wildman–Crippen LogP) is 6.53. The normalized spacial score (nSPS) is 17.4. The van der Waals surface area contributed by atoms with Gasteiger partial charge in [0.1, 0.15) is 12.4 Å². The minimum absolute atomic E-state index is 0.0306. The Hall–Kier alpha value is -4.65. The maximum absolute atomic E-state index is 6.54. The molecule has 0 aromatic heterocycles. The van der Waals surface area contributed by atoms with Gasteiger partial charge in [-0.1, -0.05) is 48.5 Å². The molecule has 0 radical (unpaired) electrons. The Morgan fingerprint density at radius 2 is 1.49 bits per heavy atom. The van der Waals surface area contributed by atoms with Gasteiger partial charge in [0, 0.05) is 23.1 Å². The number of methoxy groups -OCH3 is 3. The maximum atomic E-state index is 6.54. The Kier molecular flexibility index (Phi) is 6.71. The van der Waals surface area contributed by atoms with Crippen LogP contribution < -0.4 is 23.7 Å². The van der Waals surface area contributed by atoms with Crippen LogP contribution in [0.4, 0.5) is 0 Å². The molecule has 0 bridgehead atoms. The summed E-state index contributed by atoms with van der Waals surface area (Å²) in [7, 11) is 4.93. The Labute approximate surface area is 228 Å². The smallest absolute Gasteiger partial charge is 0.214 e. The standard InChI is InChI=1S/C32H30N2O5/c1-35-28-15-13-22(17-30(28)36-2)25-19-26-24-11-7-8-12-27(24)39-32(34(26)33-25)23-14-16-29(31(18-23)37-3)38-20-21-9-5-4-6-10-21/h4-18,26,32H,19-20H2,1-3H3/t26-,32+/m0/s1. The van der Waals surface area contributed by atoms with Crippen molar-refractivity contribution >= 4 is 5.71 Å². The van der Waals surface area contributed by atoms with E-state index in [4.69, 9.17) is 28.8 Å². The van der Waals surface area contributed by atoms with Crippen LogP contribution in [-0.2, 0) is 6.61 Å². The Bertz CT molecular complexity index is 1500. The summed E-state index contributed by atoms with van der Waals surface area (Å²) < 4.78 is 29.3. The molecule has 4 aromatic rings. The highest BCUT2D eigenvalue weighted by atomic mass is 16.5. The molecule has 39 heavy (non-hydrogen) atoms. The zero-order chi connectivity index (χ0) is 26.8. The van der Waals surface area contributed by atoms with Crippen LogP contribution >= 0.6 is 0 Å². The van der Waals surface area contributed by atoms with Crippen molar-refractivity contribution in [3.05, 3.63) is 113 Å². The van der Waals surface area contributed by atoms with Crippen molar-refractivity contribution in [2.24, 2.45) is 5.10 Å². The molecule has 2 atom stereocenters. The molecule has 0 saturated heterocycles. The lowest BCUT2D eigenvalue weighted by molar-refractivity contribution is -0.0191. The zero-order valence-corrected chi connectivity index (χ0v) is 22.2. The van der Waals surface area contributed by atoms with Crippen LogP contribution in [0.1, 0.15) is 40.9 Å². The van der Waals surface area contributed by atoms with Crippen molar-refractivity contribution in [1.29, 1.82) is 0 Å². The number of ether oxygens (including phenoxy) is 5. The van der Waals surface area contributed by atoms with E-state index in [9.17, 15) is 0 Å². The molecule has 0 saturated carbocycles. The quantitative estimate of drug-likeness (QED) is 0.262. The number of benzene rings is 4. The molecule has 0 spiro atoms. The van der Waals surface area contributed by atoms with Gasteiger partial charge in [-0.15, -0.1) is 0 Å². The Morgan fingerprint density at radius 3 is 2.28 bits per heavy atom. The van der Waals surface area contributed by atoms with Gasteiger partial charge in [0.05, 0.1) is 33.1 Å². The fourth-order valence-corrected chi connectivity index (χ4v) is 5.14. The molecule has 2 aliphatic rings.